The molecular formula is C15H28N2O3. The molecule has 1 atom stereocenters. The summed E-state index contributed by atoms with van der Waals surface area (Å²) in [5.41, 5.74) is 0. The number of urea groups is 1. The van der Waals surface area contributed by atoms with Crippen molar-refractivity contribution < 1.29 is 14.7 Å². The molecule has 0 heterocycles. The summed E-state index contributed by atoms with van der Waals surface area (Å²) in [5, 5.41) is 14.6. The standard InChI is InChI=1S/C15H28N2O3/c1-11(2)7-13(8-14(18)19)10-17-15(20)16-9-12-5-3-4-6-12/h11-13H,3-10H2,1-2H3,(H,18,19)(H2,16,17,20). The summed E-state index contributed by atoms with van der Waals surface area (Å²) in [6, 6.07) is -0.170. The summed E-state index contributed by atoms with van der Waals surface area (Å²) < 4.78 is 0. The molecule has 0 spiro atoms. The van der Waals surface area contributed by atoms with Gasteiger partial charge >= 0.3 is 12.0 Å². The van der Waals surface area contributed by atoms with E-state index in [1.54, 1.807) is 0 Å². The number of carboxylic acid groups (broad SMARTS) is 1. The highest BCUT2D eigenvalue weighted by molar-refractivity contribution is 5.74. The first-order valence-electron chi connectivity index (χ1n) is 7.70. The third-order valence-corrected chi connectivity index (χ3v) is 3.85. The molecule has 1 fully saturated rings. The van der Waals surface area contributed by atoms with Crippen molar-refractivity contribution >= 4 is 12.0 Å². The molecule has 1 aliphatic rings. The van der Waals surface area contributed by atoms with Gasteiger partial charge in [0, 0.05) is 19.5 Å². The number of carbonyl (C=O) groups is 2. The third kappa shape index (κ3) is 7.36. The minimum Gasteiger partial charge on any atom is -0.481 e. The maximum Gasteiger partial charge on any atom is 0.314 e. The molecule has 1 aliphatic carbocycles. The van der Waals surface area contributed by atoms with Crippen LogP contribution in [0.1, 0.15) is 52.4 Å². The minimum atomic E-state index is -0.802. The van der Waals surface area contributed by atoms with Gasteiger partial charge in [-0.15, -0.1) is 0 Å². The van der Waals surface area contributed by atoms with Gasteiger partial charge in [0.1, 0.15) is 0 Å². The van der Waals surface area contributed by atoms with Gasteiger partial charge in [0.2, 0.25) is 0 Å². The highest BCUT2D eigenvalue weighted by Crippen LogP contribution is 2.23. The molecule has 116 valence electrons. The van der Waals surface area contributed by atoms with Crippen LogP contribution in [0.25, 0.3) is 0 Å². The Morgan fingerprint density at radius 2 is 1.85 bits per heavy atom. The lowest BCUT2D eigenvalue weighted by Gasteiger charge is -2.18. The van der Waals surface area contributed by atoms with Gasteiger partial charge in [-0.1, -0.05) is 26.7 Å². The molecule has 3 N–H and O–H groups in total. The van der Waals surface area contributed by atoms with E-state index in [1.807, 2.05) is 0 Å². The van der Waals surface area contributed by atoms with Crippen molar-refractivity contribution in [2.75, 3.05) is 13.1 Å². The maximum absolute atomic E-state index is 11.7. The van der Waals surface area contributed by atoms with Crippen LogP contribution in [0.4, 0.5) is 4.79 Å². The number of nitrogens with one attached hydrogen (secondary N) is 2. The van der Waals surface area contributed by atoms with Gasteiger partial charge in [0.15, 0.2) is 0 Å². The molecule has 0 aromatic heterocycles. The average Bonchev–Trinajstić information content (AvgIpc) is 2.85. The molecule has 1 saturated carbocycles. The summed E-state index contributed by atoms with van der Waals surface area (Å²) in [5.74, 6) is 0.252. The van der Waals surface area contributed by atoms with Crippen molar-refractivity contribution in [3.8, 4) is 0 Å². The first-order valence-corrected chi connectivity index (χ1v) is 7.70. The smallest absolute Gasteiger partial charge is 0.314 e. The Morgan fingerprint density at radius 3 is 2.40 bits per heavy atom. The van der Waals surface area contributed by atoms with Crippen LogP contribution < -0.4 is 10.6 Å². The first kappa shape index (κ1) is 16.8. The Hall–Kier alpha value is -1.26. The molecule has 0 radical (unpaired) electrons. The summed E-state index contributed by atoms with van der Waals surface area (Å²) in [4.78, 5) is 22.5. The molecular weight excluding hydrogens is 256 g/mol. The van der Waals surface area contributed by atoms with Crippen molar-refractivity contribution in [1.82, 2.24) is 10.6 Å². The number of hydrogen-bond acceptors (Lipinski definition) is 2. The van der Waals surface area contributed by atoms with Gasteiger partial charge in [-0.25, -0.2) is 4.79 Å². The second kappa shape index (κ2) is 8.82. The third-order valence-electron chi connectivity index (χ3n) is 3.85. The van der Waals surface area contributed by atoms with Crippen molar-refractivity contribution in [3.63, 3.8) is 0 Å². The minimum absolute atomic E-state index is 0.00438. The van der Waals surface area contributed by atoms with Crippen LogP contribution in [-0.2, 0) is 4.79 Å². The van der Waals surface area contributed by atoms with Crippen LogP contribution >= 0.6 is 0 Å². The van der Waals surface area contributed by atoms with Gasteiger partial charge in [-0.05, 0) is 37.0 Å². The maximum atomic E-state index is 11.7. The van der Waals surface area contributed by atoms with E-state index in [4.69, 9.17) is 5.11 Å². The zero-order valence-electron chi connectivity index (χ0n) is 12.7. The van der Waals surface area contributed by atoms with Crippen LogP contribution in [0, 0.1) is 17.8 Å². The van der Waals surface area contributed by atoms with E-state index in [2.05, 4.69) is 24.5 Å². The summed E-state index contributed by atoms with van der Waals surface area (Å²) in [6.07, 6.45) is 5.87. The Balaban J connectivity index is 2.22. The van der Waals surface area contributed by atoms with Crippen LogP contribution in [0.2, 0.25) is 0 Å². The van der Waals surface area contributed by atoms with E-state index in [1.165, 1.54) is 25.7 Å². The lowest BCUT2D eigenvalue weighted by molar-refractivity contribution is -0.138. The Morgan fingerprint density at radius 1 is 1.20 bits per heavy atom. The van der Waals surface area contributed by atoms with Gasteiger partial charge in [0.05, 0.1) is 0 Å². The lowest BCUT2D eigenvalue weighted by Crippen LogP contribution is -2.40. The largest absolute Gasteiger partial charge is 0.481 e. The second-order valence-corrected chi connectivity index (χ2v) is 6.33. The zero-order valence-corrected chi connectivity index (χ0v) is 12.7. The fraction of sp³-hybridized carbons (Fsp3) is 0.867. The number of carbonyl (C=O) groups excluding carboxylic acids is 1. The van der Waals surface area contributed by atoms with E-state index in [-0.39, 0.29) is 18.4 Å². The zero-order chi connectivity index (χ0) is 15.0. The summed E-state index contributed by atoms with van der Waals surface area (Å²) in [6.45, 7) is 5.30. The van der Waals surface area contributed by atoms with E-state index in [0.717, 1.165) is 13.0 Å². The topological polar surface area (TPSA) is 78.4 Å². The van der Waals surface area contributed by atoms with Gasteiger partial charge < -0.3 is 15.7 Å². The van der Waals surface area contributed by atoms with Gasteiger partial charge in [-0.3, -0.25) is 4.79 Å². The second-order valence-electron chi connectivity index (χ2n) is 6.33. The fourth-order valence-electron chi connectivity index (χ4n) is 2.90. The van der Waals surface area contributed by atoms with Crippen LogP contribution in [-0.4, -0.2) is 30.2 Å². The number of aliphatic carboxylic acids is 1. The van der Waals surface area contributed by atoms with Gasteiger partial charge in [-0.2, -0.15) is 0 Å². The fourth-order valence-corrected chi connectivity index (χ4v) is 2.90. The molecule has 0 aromatic rings. The number of rotatable bonds is 8. The van der Waals surface area contributed by atoms with Crippen molar-refractivity contribution in [2.24, 2.45) is 17.8 Å². The van der Waals surface area contributed by atoms with Crippen LogP contribution in [0.5, 0.6) is 0 Å². The molecule has 0 aromatic carbocycles. The van der Waals surface area contributed by atoms with E-state index in [9.17, 15) is 9.59 Å². The molecule has 5 nitrogen and oxygen atoms in total. The van der Waals surface area contributed by atoms with Crippen LogP contribution in [0.3, 0.4) is 0 Å². The SMILES string of the molecule is CC(C)CC(CNC(=O)NCC1CCCC1)CC(=O)O. The summed E-state index contributed by atoms with van der Waals surface area (Å²) in [7, 11) is 0. The highest BCUT2D eigenvalue weighted by atomic mass is 16.4. The molecule has 0 aliphatic heterocycles. The molecule has 1 rings (SSSR count). The molecule has 0 bridgehead atoms. The highest BCUT2D eigenvalue weighted by Gasteiger charge is 2.18. The van der Waals surface area contributed by atoms with Crippen LogP contribution in [0.15, 0.2) is 0 Å². The van der Waals surface area contributed by atoms with Crippen molar-refractivity contribution in [1.29, 1.82) is 0 Å². The lowest BCUT2D eigenvalue weighted by atomic mass is 9.94. The Labute approximate surface area is 121 Å². The normalized spacial score (nSPS) is 17.1. The average molecular weight is 284 g/mol. The number of hydrogen-bond donors (Lipinski definition) is 3. The van der Waals surface area contributed by atoms with E-state index < -0.39 is 5.97 Å². The molecule has 20 heavy (non-hydrogen) atoms. The quantitative estimate of drug-likeness (QED) is 0.641. The first-order chi connectivity index (χ1) is 9.47. The monoisotopic (exact) mass is 284 g/mol. The Kier molecular flexibility index (Phi) is 7.41. The number of carboxylic acids is 1. The molecule has 5 heteroatoms. The molecule has 0 saturated heterocycles. The summed E-state index contributed by atoms with van der Waals surface area (Å²) >= 11 is 0. The molecule has 1 unspecified atom stereocenters. The Bertz CT molecular complexity index is 312. The predicted molar refractivity (Wildman–Crippen MR) is 78.6 cm³/mol. The number of amides is 2. The van der Waals surface area contributed by atoms with Crippen molar-refractivity contribution in [2.45, 2.75) is 52.4 Å². The van der Waals surface area contributed by atoms with Crippen molar-refractivity contribution in [3.05, 3.63) is 0 Å². The van der Waals surface area contributed by atoms with E-state index >= 15 is 0 Å². The predicted octanol–water partition coefficient (Wildman–Crippen LogP) is 2.61. The molecule has 2 amide bonds. The van der Waals surface area contributed by atoms with Gasteiger partial charge in [0.25, 0.3) is 0 Å². The van der Waals surface area contributed by atoms with E-state index in [0.29, 0.717) is 18.4 Å².